The van der Waals surface area contributed by atoms with Gasteiger partial charge in [-0.05, 0) is 18.4 Å². The number of thioether (sulfide) groups is 1. The molecule has 1 aromatic heterocycles. The van der Waals surface area contributed by atoms with Crippen molar-refractivity contribution in [1.29, 1.82) is 0 Å². The fourth-order valence-corrected chi connectivity index (χ4v) is 2.99. The van der Waals surface area contributed by atoms with Gasteiger partial charge in [-0.3, -0.25) is 0 Å². The molecule has 0 bridgehead atoms. The van der Waals surface area contributed by atoms with Gasteiger partial charge >= 0.3 is 0 Å². The van der Waals surface area contributed by atoms with Crippen LogP contribution in [0.3, 0.4) is 0 Å². The molecule has 21 heavy (non-hydrogen) atoms. The van der Waals surface area contributed by atoms with Crippen molar-refractivity contribution >= 4 is 17.8 Å². The summed E-state index contributed by atoms with van der Waals surface area (Å²) < 4.78 is 2.20. The monoisotopic (exact) mass is 297 g/mol. The smallest absolute Gasteiger partial charge is 0.191 e. The molecule has 0 atom stereocenters. The summed E-state index contributed by atoms with van der Waals surface area (Å²) in [5.74, 6) is 2.64. The molecule has 0 radical (unpaired) electrons. The van der Waals surface area contributed by atoms with Crippen LogP contribution in [0.2, 0.25) is 0 Å². The lowest BCUT2D eigenvalue weighted by Crippen LogP contribution is -2.02. The van der Waals surface area contributed by atoms with Crippen molar-refractivity contribution in [2.24, 2.45) is 0 Å². The minimum absolute atomic E-state index is 0.617. The number of aromatic nitrogens is 3. The quantitative estimate of drug-likeness (QED) is 0.568. The highest BCUT2D eigenvalue weighted by Crippen LogP contribution is 2.40. The Labute approximate surface area is 129 Å². The summed E-state index contributed by atoms with van der Waals surface area (Å²) in [6.07, 6.45) is 8.72. The molecule has 1 heterocycles. The molecule has 3 rings (SSSR count). The first-order valence-corrected chi connectivity index (χ1v) is 8.25. The van der Waals surface area contributed by atoms with E-state index in [-0.39, 0.29) is 0 Å². The van der Waals surface area contributed by atoms with Crippen LogP contribution in [0.1, 0.15) is 30.1 Å². The first-order valence-electron chi connectivity index (χ1n) is 7.27. The molecule has 1 aliphatic carbocycles. The fraction of sp³-hybridized carbons (Fsp3) is 0.294. The number of hydrogen-bond donors (Lipinski definition) is 0. The molecule has 4 heteroatoms. The number of nitrogens with zero attached hydrogens (tertiary/aromatic N) is 3. The van der Waals surface area contributed by atoms with Crippen molar-refractivity contribution in [1.82, 2.24) is 14.8 Å². The predicted octanol–water partition coefficient (Wildman–Crippen LogP) is 4.15. The van der Waals surface area contributed by atoms with E-state index in [9.17, 15) is 0 Å². The van der Waals surface area contributed by atoms with Gasteiger partial charge in [-0.25, -0.2) is 0 Å². The zero-order valence-electron chi connectivity index (χ0n) is 12.0. The summed E-state index contributed by atoms with van der Waals surface area (Å²) in [7, 11) is 0. The van der Waals surface area contributed by atoms with Crippen LogP contribution in [-0.4, -0.2) is 20.5 Å². The molecular weight excluding hydrogens is 278 g/mol. The van der Waals surface area contributed by atoms with Crippen molar-refractivity contribution < 1.29 is 0 Å². The van der Waals surface area contributed by atoms with E-state index in [0.29, 0.717) is 5.92 Å². The van der Waals surface area contributed by atoms with E-state index in [4.69, 9.17) is 0 Å². The topological polar surface area (TPSA) is 30.7 Å². The summed E-state index contributed by atoms with van der Waals surface area (Å²) in [5, 5.41) is 9.68. The van der Waals surface area contributed by atoms with Crippen LogP contribution in [-0.2, 0) is 6.54 Å². The lowest BCUT2D eigenvalue weighted by molar-refractivity contribution is 0.682. The Morgan fingerprint density at radius 3 is 2.76 bits per heavy atom. The Balaban J connectivity index is 1.62. The Hall–Kier alpha value is -1.81. The molecule has 1 aromatic carbocycles. The van der Waals surface area contributed by atoms with Crippen molar-refractivity contribution in [2.45, 2.75) is 30.5 Å². The lowest BCUT2D eigenvalue weighted by atomic mass is 10.2. The first-order chi connectivity index (χ1) is 10.4. The Bertz CT molecular complexity index is 627. The van der Waals surface area contributed by atoms with Gasteiger partial charge in [0.1, 0.15) is 5.82 Å². The Morgan fingerprint density at radius 2 is 2.05 bits per heavy atom. The van der Waals surface area contributed by atoms with Crippen LogP contribution < -0.4 is 0 Å². The number of rotatable bonds is 7. The molecule has 0 aliphatic heterocycles. The maximum Gasteiger partial charge on any atom is 0.191 e. The number of hydrogen-bond acceptors (Lipinski definition) is 3. The molecule has 0 amide bonds. The first kappa shape index (κ1) is 14.1. The van der Waals surface area contributed by atoms with E-state index in [2.05, 4.69) is 57.8 Å². The summed E-state index contributed by atoms with van der Waals surface area (Å²) in [4.78, 5) is 0. The van der Waals surface area contributed by atoms with Gasteiger partial charge in [0.25, 0.3) is 0 Å². The van der Waals surface area contributed by atoms with Gasteiger partial charge in [-0.2, -0.15) is 0 Å². The van der Waals surface area contributed by atoms with Gasteiger partial charge in [0.15, 0.2) is 5.16 Å². The minimum Gasteiger partial charge on any atom is -0.302 e. The third-order valence-electron chi connectivity index (χ3n) is 3.42. The minimum atomic E-state index is 0.617. The molecule has 3 nitrogen and oxygen atoms in total. The van der Waals surface area contributed by atoms with Gasteiger partial charge in [-0.15, -0.1) is 16.8 Å². The second-order valence-electron chi connectivity index (χ2n) is 5.14. The van der Waals surface area contributed by atoms with Crippen LogP contribution in [0, 0.1) is 0 Å². The van der Waals surface area contributed by atoms with E-state index in [1.807, 2.05) is 12.1 Å². The van der Waals surface area contributed by atoms with Gasteiger partial charge < -0.3 is 4.57 Å². The van der Waals surface area contributed by atoms with Gasteiger partial charge in [-0.1, -0.05) is 60.3 Å². The predicted molar refractivity (Wildman–Crippen MR) is 88.4 cm³/mol. The zero-order valence-corrected chi connectivity index (χ0v) is 12.8. The van der Waals surface area contributed by atoms with Crippen LogP contribution in [0.4, 0.5) is 0 Å². The van der Waals surface area contributed by atoms with Gasteiger partial charge in [0.2, 0.25) is 0 Å². The van der Waals surface area contributed by atoms with E-state index in [0.717, 1.165) is 23.3 Å². The maximum atomic E-state index is 4.35. The normalized spacial score (nSPS) is 14.7. The van der Waals surface area contributed by atoms with E-state index < -0.39 is 0 Å². The van der Waals surface area contributed by atoms with Crippen molar-refractivity contribution in [3.8, 4) is 0 Å². The Kier molecular flexibility index (Phi) is 4.55. The lowest BCUT2D eigenvalue weighted by Gasteiger charge is -2.05. The molecule has 108 valence electrons. The van der Waals surface area contributed by atoms with Crippen LogP contribution in [0.15, 0.2) is 54.2 Å². The molecule has 1 saturated carbocycles. The van der Waals surface area contributed by atoms with Crippen molar-refractivity contribution in [2.75, 3.05) is 5.75 Å². The largest absolute Gasteiger partial charge is 0.302 e. The molecular formula is C17H19N3S. The summed E-state index contributed by atoms with van der Waals surface area (Å²) in [6, 6.07) is 10.3. The molecule has 0 unspecified atom stereocenters. The summed E-state index contributed by atoms with van der Waals surface area (Å²) >= 11 is 1.73. The van der Waals surface area contributed by atoms with Crippen LogP contribution >= 0.6 is 11.8 Å². The SMILES string of the molecule is C=CCn1c(SCC=Cc2ccccc2)nnc1C1CC1. The second kappa shape index (κ2) is 6.76. The number of allylic oxidation sites excluding steroid dienone is 1. The highest BCUT2D eigenvalue weighted by molar-refractivity contribution is 7.99. The van der Waals surface area contributed by atoms with E-state index in [1.54, 1.807) is 11.8 Å². The highest BCUT2D eigenvalue weighted by Gasteiger charge is 2.29. The summed E-state index contributed by atoms with van der Waals surface area (Å²) in [5.41, 5.74) is 1.23. The third-order valence-corrected chi connectivity index (χ3v) is 4.34. The fourth-order valence-electron chi connectivity index (χ4n) is 2.22. The zero-order chi connectivity index (χ0) is 14.5. The average Bonchev–Trinajstić information content (AvgIpc) is 3.28. The molecule has 0 spiro atoms. The Morgan fingerprint density at radius 1 is 1.24 bits per heavy atom. The average molecular weight is 297 g/mol. The van der Waals surface area contributed by atoms with Gasteiger partial charge in [0, 0.05) is 18.2 Å². The highest BCUT2D eigenvalue weighted by atomic mass is 32.2. The van der Waals surface area contributed by atoms with Gasteiger partial charge in [0.05, 0.1) is 0 Å². The molecule has 1 aliphatic rings. The number of benzene rings is 1. The maximum absolute atomic E-state index is 4.35. The van der Waals surface area contributed by atoms with Crippen LogP contribution in [0.5, 0.6) is 0 Å². The molecule has 0 N–H and O–H groups in total. The molecule has 1 fully saturated rings. The van der Waals surface area contributed by atoms with E-state index >= 15 is 0 Å². The summed E-state index contributed by atoms with van der Waals surface area (Å²) in [6.45, 7) is 4.63. The van der Waals surface area contributed by atoms with Crippen molar-refractivity contribution in [3.63, 3.8) is 0 Å². The van der Waals surface area contributed by atoms with E-state index in [1.165, 1.54) is 18.4 Å². The molecule has 2 aromatic rings. The third kappa shape index (κ3) is 3.64. The second-order valence-corrected chi connectivity index (χ2v) is 6.13. The van der Waals surface area contributed by atoms with Crippen molar-refractivity contribution in [3.05, 3.63) is 60.5 Å². The van der Waals surface area contributed by atoms with Crippen LogP contribution in [0.25, 0.3) is 6.08 Å². The molecule has 0 saturated heterocycles. The standard InChI is InChI=1S/C17H19N3S/c1-2-12-20-16(15-10-11-15)18-19-17(20)21-13-6-9-14-7-4-3-5-8-14/h2-9,15H,1,10-13H2.